The van der Waals surface area contributed by atoms with Crippen molar-refractivity contribution in [2.45, 2.75) is 0 Å². The number of thiophene rings is 1. The van der Waals surface area contributed by atoms with E-state index in [1.165, 1.54) is 11.3 Å². The summed E-state index contributed by atoms with van der Waals surface area (Å²) in [6, 6.07) is 15.3. The smallest absolute Gasteiger partial charge is 0.160 e. The van der Waals surface area contributed by atoms with Gasteiger partial charge in [-0.2, -0.15) is 5.26 Å². The molecule has 0 fully saturated rings. The molecule has 0 atom stereocenters. The van der Waals surface area contributed by atoms with Crippen molar-refractivity contribution in [1.29, 1.82) is 5.26 Å². The van der Waals surface area contributed by atoms with E-state index in [0.717, 1.165) is 16.7 Å². The van der Waals surface area contributed by atoms with Crippen LogP contribution in [0.3, 0.4) is 0 Å². The van der Waals surface area contributed by atoms with Crippen LogP contribution in [0, 0.1) is 11.3 Å². The number of rotatable bonds is 3. The van der Waals surface area contributed by atoms with Gasteiger partial charge >= 0.3 is 0 Å². The van der Waals surface area contributed by atoms with Gasteiger partial charge in [-0.1, -0.05) is 30.3 Å². The van der Waals surface area contributed by atoms with E-state index in [1.807, 2.05) is 36.4 Å². The fourth-order valence-electron chi connectivity index (χ4n) is 1.45. The maximum atomic E-state index is 10.6. The number of benzene rings is 1. The Morgan fingerprint density at radius 3 is 2.41 bits per heavy atom. The van der Waals surface area contributed by atoms with E-state index >= 15 is 0 Å². The standard InChI is InChI=1S/C14H9NOS/c15-9-12(11-4-2-1-3-5-11)8-13-6-7-14(10-16)17-13/h1-8,10H. The van der Waals surface area contributed by atoms with Crippen LogP contribution in [0.1, 0.15) is 20.1 Å². The SMILES string of the molecule is N#CC(=Cc1ccc(C=O)s1)c1ccccc1. The molecular weight excluding hydrogens is 230 g/mol. The Bertz CT molecular complexity index is 590. The number of carbonyl (C=O) groups excluding carboxylic acids is 1. The predicted molar refractivity (Wildman–Crippen MR) is 69.6 cm³/mol. The van der Waals surface area contributed by atoms with E-state index < -0.39 is 0 Å². The molecule has 0 amide bonds. The molecule has 0 unspecified atom stereocenters. The zero-order valence-electron chi connectivity index (χ0n) is 8.96. The maximum Gasteiger partial charge on any atom is 0.160 e. The van der Waals surface area contributed by atoms with Crippen molar-refractivity contribution in [2.24, 2.45) is 0 Å². The van der Waals surface area contributed by atoms with Crippen LogP contribution in [-0.4, -0.2) is 6.29 Å². The Morgan fingerprint density at radius 2 is 1.82 bits per heavy atom. The summed E-state index contributed by atoms with van der Waals surface area (Å²) in [5.41, 5.74) is 1.49. The van der Waals surface area contributed by atoms with Crippen molar-refractivity contribution < 1.29 is 4.79 Å². The van der Waals surface area contributed by atoms with E-state index in [1.54, 1.807) is 12.1 Å². The highest BCUT2D eigenvalue weighted by Gasteiger charge is 2.02. The first-order chi connectivity index (χ1) is 8.33. The van der Waals surface area contributed by atoms with Gasteiger partial charge in [-0.25, -0.2) is 0 Å². The zero-order valence-corrected chi connectivity index (χ0v) is 9.78. The molecule has 0 saturated carbocycles. The van der Waals surface area contributed by atoms with E-state index in [4.69, 9.17) is 5.26 Å². The molecule has 0 aliphatic carbocycles. The van der Waals surface area contributed by atoms with E-state index in [0.29, 0.717) is 10.5 Å². The molecule has 1 aromatic heterocycles. The summed E-state index contributed by atoms with van der Waals surface area (Å²) in [6.07, 6.45) is 2.61. The van der Waals surface area contributed by atoms with Crippen LogP contribution in [0.2, 0.25) is 0 Å². The average molecular weight is 239 g/mol. The fourth-order valence-corrected chi connectivity index (χ4v) is 2.22. The van der Waals surface area contributed by atoms with Crippen LogP contribution in [0.4, 0.5) is 0 Å². The molecule has 2 nitrogen and oxygen atoms in total. The van der Waals surface area contributed by atoms with Gasteiger partial charge in [0, 0.05) is 4.88 Å². The first-order valence-corrected chi connectivity index (χ1v) is 5.87. The number of hydrogen-bond acceptors (Lipinski definition) is 3. The number of nitriles is 1. The van der Waals surface area contributed by atoms with Gasteiger partial charge in [0.15, 0.2) is 6.29 Å². The van der Waals surface area contributed by atoms with Gasteiger partial charge in [-0.15, -0.1) is 11.3 Å². The number of allylic oxidation sites excluding steroid dienone is 1. The van der Waals surface area contributed by atoms with E-state index in [2.05, 4.69) is 6.07 Å². The molecule has 0 radical (unpaired) electrons. The van der Waals surface area contributed by atoms with E-state index in [9.17, 15) is 4.79 Å². The largest absolute Gasteiger partial charge is 0.297 e. The molecule has 82 valence electrons. The second-order valence-corrected chi connectivity index (χ2v) is 4.54. The lowest BCUT2D eigenvalue weighted by Crippen LogP contribution is -1.79. The Balaban J connectivity index is 2.37. The van der Waals surface area contributed by atoms with Crippen molar-refractivity contribution in [3.05, 3.63) is 57.8 Å². The minimum Gasteiger partial charge on any atom is -0.297 e. The first-order valence-electron chi connectivity index (χ1n) is 5.05. The number of carbonyl (C=O) groups is 1. The summed E-state index contributed by atoms with van der Waals surface area (Å²) in [4.78, 5) is 12.1. The maximum absolute atomic E-state index is 10.6. The molecule has 0 aliphatic heterocycles. The molecule has 1 aromatic carbocycles. The number of aldehydes is 1. The summed E-state index contributed by atoms with van der Waals surface area (Å²) in [5, 5.41) is 9.12. The molecule has 1 heterocycles. The molecule has 2 aromatic rings. The van der Waals surface area contributed by atoms with Crippen LogP contribution in [-0.2, 0) is 0 Å². The number of hydrogen-bond donors (Lipinski definition) is 0. The van der Waals surface area contributed by atoms with Crippen molar-refractivity contribution in [3.8, 4) is 6.07 Å². The third-order valence-corrected chi connectivity index (χ3v) is 3.21. The minimum atomic E-state index is 0.602. The molecule has 0 spiro atoms. The van der Waals surface area contributed by atoms with Gasteiger partial charge in [-0.3, -0.25) is 4.79 Å². The Kier molecular flexibility index (Phi) is 3.49. The minimum absolute atomic E-state index is 0.602. The van der Waals surface area contributed by atoms with Crippen LogP contribution < -0.4 is 0 Å². The third kappa shape index (κ3) is 2.68. The summed E-state index contributed by atoms with van der Waals surface area (Å²) in [7, 11) is 0. The highest BCUT2D eigenvalue weighted by molar-refractivity contribution is 7.14. The second-order valence-electron chi connectivity index (χ2n) is 3.39. The van der Waals surface area contributed by atoms with Crippen molar-refractivity contribution in [1.82, 2.24) is 0 Å². The third-order valence-electron chi connectivity index (χ3n) is 2.26. The Labute approximate surface area is 103 Å². The lowest BCUT2D eigenvalue weighted by atomic mass is 10.1. The lowest BCUT2D eigenvalue weighted by molar-refractivity contribution is 0.112. The van der Waals surface area contributed by atoms with Gasteiger partial charge in [0.25, 0.3) is 0 Å². The molecule has 0 N–H and O–H groups in total. The lowest BCUT2D eigenvalue weighted by Gasteiger charge is -1.96. The first kappa shape index (κ1) is 11.3. The zero-order chi connectivity index (χ0) is 12.1. The second kappa shape index (κ2) is 5.24. The molecule has 3 heteroatoms. The van der Waals surface area contributed by atoms with Gasteiger partial charge in [-0.05, 0) is 23.8 Å². The average Bonchev–Trinajstić information content (AvgIpc) is 2.84. The normalized spacial score (nSPS) is 10.9. The number of nitrogens with zero attached hydrogens (tertiary/aromatic N) is 1. The molecule has 17 heavy (non-hydrogen) atoms. The predicted octanol–water partition coefficient (Wildman–Crippen LogP) is 3.62. The Hall–Kier alpha value is -2.18. The summed E-state index contributed by atoms with van der Waals surface area (Å²) in [5.74, 6) is 0. The molecule has 2 rings (SSSR count). The highest BCUT2D eigenvalue weighted by atomic mass is 32.1. The topological polar surface area (TPSA) is 40.9 Å². The highest BCUT2D eigenvalue weighted by Crippen LogP contribution is 2.22. The molecular formula is C14H9NOS. The van der Waals surface area contributed by atoms with Gasteiger partial charge < -0.3 is 0 Å². The summed E-state index contributed by atoms with van der Waals surface area (Å²) < 4.78 is 0. The van der Waals surface area contributed by atoms with Crippen LogP contribution in [0.5, 0.6) is 0 Å². The fraction of sp³-hybridized carbons (Fsp3) is 0. The molecule has 0 bridgehead atoms. The van der Waals surface area contributed by atoms with E-state index in [-0.39, 0.29) is 0 Å². The van der Waals surface area contributed by atoms with Gasteiger partial charge in [0.05, 0.1) is 16.5 Å². The van der Waals surface area contributed by atoms with Crippen molar-refractivity contribution in [3.63, 3.8) is 0 Å². The molecule has 0 aliphatic rings. The summed E-state index contributed by atoms with van der Waals surface area (Å²) >= 11 is 1.38. The van der Waals surface area contributed by atoms with Crippen molar-refractivity contribution >= 4 is 29.3 Å². The van der Waals surface area contributed by atoms with Crippen LogP contribution in [0.25, 0.3) is 11.6 Å². The van der Waals surface area contributed by atoms with Crippen molar-refractivity contribution in [2.75, 3.05) is 0 Å². The van der Waals surface area contributed by atoms with Crippen LogP contribution >= 0.6 is 11.3 Å². The molecule has 0 saturated heterocycles. The van der Waals surface area contributed by atoms with Gasteiger partial charge in [0.1, 0.15) is 0 Å². The van der Waals surface area contributed by atoms with Crippen LogP contribution in [0.15, 0.2) is 42.5 Å². The summed E-state index contributed by atoms with van der Waals surface area (Å²) in [6.45, 7) is 0. The monoisotopic (exact) mass is 239 g/mol. The quantitative estimate of drug-likeness (QED) is 0.606. The Morgan fingerprint density at radius 1 is 1.12 bits per heavy atom. The van der Waals surface area contributed by atoms with Gasteiger partial charge in [0.2, 0.25) is 0 Å².